The molecule has 0 fully saturated rings. The van der Waals surface area contributed by atoms with Gasteiger partial charge in [0.15, 0.2) is 23.0 Å². The van der Waals surface area contributed by atoms with Crippen LogP contribution in [-0.2, 0) is 0 Å². The second kappa shape index (κ2) is 7.94. The number of H-pyrrole nitrogens is 1. The summed E-state index contributed by atoms with van der Waals surface area (Å²) in [6.45, 7) is 0.157. The smallest absolute Gasteiger partial charge is 0.244 e. The Kier molecular flexibility index (Phi) is 4.94. The largest absolute Gasteiger partial charge is 0.493 e. The van der Waals surface area contributed by atoms with Crippen LogP contribution in [0.5, 0.6) is 34.6 Å². The fourth-order valence-corrected chi connectivity index (χ4v) is 4.23. The van der Waals surface area contributed by atoms with Gasteiger partial charge in [-0.3, -0.25) is 10.5 Å². The van der Waals surface area contributed by atoms with Crippen LogP contribution >= 0.6 is 0 Å². The zero-order valence-electron chi connectivity index (χ0n) is 18.1. The number of hydrogen-bond acceptors (Lipinski definition) is 9. The molecule has 2 aliphatic heterocycles. The van der Waals surface area contributed by atoms with Crippen LogP contribution in [0.25, 0.3) is 11.3 Å². The minimum Gasteiger partial charge on any atom is -0.493 e. The number of hydrogen-bond donors (Lipinski definition) is 2. The summed E-state index contributed by atoms with van der Waals surface area (Å²) in [5.41, 5.74) is 2.76. The Hall–Kier alpha value is -4.39. The summed E-state index contributed by atoms with van der Waals surface area (Å²) in [6, 6.07) is 11.3. The molecule has 0 bridgehead atoms. The summed E-state index contributed by atoms with van der Waals surface area (Å²) < 4.78 is 33.0. The zero-order valence-corrected chi connectivity index (χ0v) is 18.1. The van der Waals surface area contributed by atoms with E-state index in [1.54, 1.807) is 12.1 Å². The van der Waals surface area contributed by atoms with Crippen molar-refractivity contribution in [2.75, 3.05) is 28.1 Å². The summed E-state index contributed by atoms with van der Waals surface area (Å²) in [6.07, 6.45) is 0. The van der Waals surface area contributed by atoms with Crippen molar-refractivity contribution in [3.8, 4) is 52.0 Å². The van der Waals surface area contributed by atoms with Gasteiger partial charge in [0.1, 0.15) is 5.92 Å². The topological polar surface area (TPSA) is 132 Å². The van der Waals surface area contributed by atoms with Crippen LogP contribution < -0.4 is 28.4 Å². The van der Waals surface area contributed by atoms with E-state index in [2.05, 4.69) is 16.3 Å². The first-order valence-corrected chi connectivity index (χ1v) is 10.0. The fourth-order valence-electron chi connectivity index (χ4n) is 4.23. The molecule has 2 N–H and O–H groups in total. The van der Waals surface area contributed by atoms with Gasteiger partial charge < -0.3 is 28.4 Å². The summed E-state index contributed by atoms with van der Waals surface area (Å²) in [7, 11) is 4.57. The molecule has 3 aromatic rings. The third-order valence-corrected chi connectivity index (χ3v) is 5.75. The summed E-state index contributed by atoms with van der Waals surface area (Å²) in [5.74, 6) is 1.15. The molecule has 1 aromatic heterocycles. The van der Waals surface area contributed by atoms with E-state index >= 15 is 0 Å². The van der Waals surface area contributed by atoms with Gasteiger partial charge in [-0.25, -0.2) is 0 Å². The standard InChI is InChI=1S/C23H20N4O6/c1-28-16-7-12(8-17(29-2)21(16)30-3)18-13(9-24)22(25)33-23-19(18)20(26-27-23)11-4-5-14-15(6-11)32-10-31-14/h4-8,13,18,25H,10H2,1-3H3,(H,26,27). The number of aromatic amines is 1. The first-order chi connectivity index (χ1) is 16.1. The average Bonchev–Trinajstić information content (AvgIpc) is 3.48. The van der Waals surface area contributed by atoms with E-state index in [1.165, 1.54) is 21.3 Å². The predicted octanol–water partition coefficient (Wildman–Crippen LogP) is 3.47. The molecule has 2 unspecified atom stereocenters. The first-order valence-electron chi connectivity index (χ1n) is 10.0. The monoisotopic (exact) mass is 448 g/mol. The molecular formula is C23H20N4O6. The Morgan fingerprint density at radius 2 is 1.79 bits per heavy atom. The number of fused-ring (bicyclic) bond motifs is 2. The van der Waals surface area contributed by atoms with Crippen molar-refractivity contribution in [1.29, 1.82) is 10.7 Å². The molecule has 2 aliphatic rings. The molecule has 0 saturated heterocycles. The molecule has 2 aromatic carbocycles. The van der Waals surface area contributed by atoms with Crippen LogP contribution in [0, 0.1) is 22.7 Å². The molecule has 168 valence electrons. The van der Waals surface area contributed by atoms with Crippen molar-refractivity contribution in [2.45, 2.75) is 5.92 Å². The maximum atomic E-state index is 9.97. The van der Waals surface area contributed by atoms with E-state index in [0.717, 1.165) is 5.56 Å². The summed E-state index contributed by atoms with van der Waals surface area (Å²) in [5, 5.41) is 25.6. The van der Waals surface area contributed by atoms with E-state index in [0.29, 0.717) is 45.6 Å². The van der Waals surface area contributed by atoms with Crippen LogP contribution in [0.2, 0.25) is 0 Å². The molecule has 33 heavy (non-hydrogen) atoms. The lowest BCUT2D eigenvalue weighted by Crippen LogP contribution is -2.31. The van der Waals surface area contributed by atoms with Crippen molar-refractivity contribution in [1.82, 2.24) is 10.2 Å². The van der Waals surface area contributed by atoms with Crippen molar-refractivity contribution >= 4 is 5.90 Å². The van der Waals surface area contributed by atoms with Crippen LogP contribution in [0.3, 0.4) is 0 Å². The molecule has 0 amide bonds. The van der Waals surface area contributed by atoms with Gasteiger partial charge in [-0.05, 0) is 35.9 Å². The highest BCUT2D eigenvalue weighted by Crippen LogP contribution is 2.50. The number of aromatic nitrogens is 2. The van der Waals surface area contributed by atoms with Gasteiger partial charge >= 0.3 is 0 Å². The number of nitrogens with zero attached hydrogens (tertiary/aromatic N) is 2. The quantitative estimate of drug-likeness (QED) is 0.606. The molecule has 0 aliphatic carbocycles. The van der Waals surface area contributed by atoms with Gasteiger partial charge in [0.05, 0.1) is 38.7 Å². The van der Waals surface area contributed by atoms with Crippen molar-refractivity contribution in [3.63, 3.8) is 0 Å². The van der Waals surface area contributed by atoms with E-state index in [1.807, 2.05) is 18.2 Å². The average molecular weight is 448 g/mol. The summed E-state index contributed by atoms with van der Waals surface area (Å²) in [4.78, 5) is 0. The van der Waals surface area contributed by atoms with E-state index in [4.69, 9.17) is 33.8 Å². The van der Waals surface area contributed by atoms with Gasteiger partial charge in [0.25, 0.3) is 0 Å². The zero-order chi connectivity index (χ0) is 23.1. The maximum absolute atomic E-state index is 9.97. The van der Waals surface area contributed by atoms with Gasteiger partial charge in [0, 0.05) is 11.5 Å². The Bertz CT molecular complexity index is 1270. The van der Waals surface area contributed by atoms with Crippen molar-refractivity contribution in [3.05, 3.63) is 41.5 Å². The molecule has 5 rings (SSSR count). The molecule has 0 saturated carbocycles. The van der Waals surface area contributed by atoms with Crippen LogP contribution in [0.15, 0.2) is 30.3 Å². The van der Waals surface area contributed by atoms with Gasteiger partial charge in [-0.2, -0.15) is 5.26 Å². The third kappa shape index (κ3) is 3.17. The molecule has 0 radical (unpaired) electrons. The lowest BCUT2D eigenvalue weighted by Gasteiger charge is -2.29. The first kappa shape index (κ1) is 20.5. The number of rotatable bonds is 5. The van der Waals surface area contributed by atoms with E-state index in [9.17, 15) is 5.26 Å². The van der Waals surface area contributed by atoms with Gasteiger partial charge in [-0.1, -0.05) is 0 Å². The van der Waals surface area contributed by atoms with Gasteiger partial charge in [0.2, 0.25) is 24.3 Å². The minimum absolute atomic E-state index is 0.157. The lowest BCUT2D eigenvalue weighted by molar-refractivity contribution is 0.174. The normalized spacial score (nSPS) is 18.2. The number of methoxy groups -OCH3 is 3. The van der Waals surface area contributed by atoms with Gasteiger partial charge in [-0.15, -0.1) is 5.10 Å². The number of nitriles is 1. The number of ether oxygens (including phenoxy) is 6. The lowest BCUT2D eigenvalue weighted by atomic mass is 9.78. The molecule has 10 nitrogen and oxygen atoms in total. The molecule has 3 heterocycles. The maximum Gasteiger partial charge on any atom is 0.244 e. The Balaban J connectivity index is 1.72. The van der Waals surface area contributed by atoms with E-state index < -0.39 is 11.8 Å². The van der Waals surface area contributed by atoms with Crippen LogP contribution in [0.1, 0.15) is 17.0 Å². The third-order valence-electron chi connectivity index (χ3n) is 5.75. The number of benzene rings is 2. The van der Waals surface area contributed by atoms with Crippen LogP contribution in [0.4, 0.5) is 0 Å². The molecule has 0 spiro atoms. The Morgan fingerprint density at radius 1 is 1.06 bits per heavy atom. The number of nitrogens with one attached hydrogen (secondary N) is 2. The molecule has 2 atom stereocenters. The highest BCUT2D eigenvalue weighted by Gasteiger charge is 2.41. The van der Waals surface area contributed by atoms with Crippen LogP contribution in [-0.4, -0.2) is 44.2 Å². The second-order valence-electron chi connectivity index (χ2n) is 7.39. The van der Waals surface area contributed by atoms with Crippen molar-refractivity contribution in [2.24, 2.45) is 5.92 Å². The van der Waals surface area contributed by atoms with Crippen molar-refractivity contribution < 1.29 is 28.4 Å². The van der Waals surface area contributed by atoms with E-state index in [-0.39, 0.29) is 18.6 Å². The minimum atomic E-state index is -0.898. The fraction of sp³-hybridized carbons (Fsp3) is 0.261. The highest BCUT2D eigenvalue weighted by molar-refractivity contribution is 5.87. The predicted molar refractivity (Wildman–Crippen MR) is 116 cm³/mol. The molecular weight excluding hydrogens is 428 g/mol. The summed E-state index contributed by atoms with van der Waals surface area (Å²) >= 11 is 0. The SMILES string of the molecule is COc1cc(C2c3c(n[nH]c3-c3ccc4c(c3)OCO4)OC(=N)C2C#N)cc(OC)c1OC. The Morgan fingerprint density at radius 3 is 2.45 bits per heavy atom. The second-order valence-corrected chi connectivity index (χ2v) is 7.39. The molecule has 10 heteroatoms. The highest BCUT2D eigenvalue weighted by atomic mass is 16.7. The Labute approximate surface area is 189 Å².